The Hall–Kier alpha value is -7.00. The molecule has 0 spiro atoms. The second-order valence-corrected chi connectivity index (χ2v) is 21.9. The van der Waals surface area contributed by atoms with Crippen molar-refractivity contribution < 1.29 is 62.6 Å². The maximum absolute atomic E-state index is 14.7. The molecule has 3 fully saturated rings. The SMILES string of the molecule is CCC(C)[C@@H]1NC(=O)[C@@H]2C[C@@H](O)CN2C(=O)[C@H](CC(N)=O)NC(=O)[C@@H]2CSc3[nH]c4cc(OC(=O)N5CCC(N6CCCCC6)CC5)c(NC=O)cc4c3C[C@H](NC1=O)C(=O)NCC(=O)N[C@@H]([C@@H](C)CC)C(=O)NCC(=O)N2. The Kier molecular flexibility index (Phi) is 20.0. The molecule has 1 unspecified atom stereocenters. The number of fused-ring (bicyclic) bond motifs is 5. The number of carbonyl (C=O) groups excluding carboxylic acids is 11. The van der Waals surface area contributed by atoms with Crippen molar-refractivity contribution in [3.63, 3.8) is 0 Å². The first-order valence-corrected chi connectivity index (χ1v) is 27.8. The van der Waals surface area contributed by atoms with Crippen molar-refractivity contribution >= 4 is 94.0 Å². The van der Waals surface area contributed by atoms with Gasteiger partial charge in [0.2, 0.25) is 59.6 Å². The van der Waals surface area contributed by atoms with Gasteiger partial charge in [0.25, 0.3) is 0 Å². The highest BCUT2D eigenvalue weighted by Gasteiger charge is 2.44. The van der Waals surface area contributed by atoms with Crippen LogP contribution in [0.5, 0.6) is 5.75 Å². The Morgan fingerprint density at radius 1 is 0.808 bits per heavy atom. The summed E-state index contributed by atoms with van der Waals surface area (Å²) in [6, 6.07) is -5.53. The summed E-state index contributed by atoms with van der Waals surface area (Å²) in [4.78, 5) is 161. The zero-order valence-corrected chi connectivity index (χ0v) is 45.2. The number of carbonyl (C=O) groups is 11. The minimum absolute atomic E-state index is 0.0423. The van der Waals surface area contributed by atoms with Gasteiger partial charge in [0.15, 0.2) is 5.75 Å². The Morgan fingerprint density at radius 2 is 1.46 bits per heavy atom. The van der Waals surface area contributed by atoms with E-state index >= 15 is 0 Å². The van der Waals surface area contributed by atoms with Gasteiger partial charge < -0.3 is 77.8 Å². The lowest BCUT2D eigenvalue weighted by atomic mass is 9.96. The van der Waals surface area contributed by atoms with Crippen LogP contribution in [0.4, 0.5) is 10.5 Å². The summed E-state index contributed by atoms with van der Waals surface area (Å²) in [5.74, 6) is -9.51. The number of nitrogens with one attached hydrogen (secondary N) is 9. The quantitative estimate of drug-likeness (QED) is 0.120. The maximum atomic E-state index is 14.7. The molecule has 5 aliphatic rings. The van der Waals surface area contributed by atoms with Crippen molar-refractivity contribution in [2.45, 2.75) is 145 Å². The number of hydrogen-bond donors (Lipinski definition) is 11. The van der Waals surface area contributed by atoms with Gasteiger partial charge in [0, 0.05) is 55.7 Å². The van der Waals surface area contributed by atoms with Crippen LogP contribution >= 0.6 is 11.8 Å². The molecule has 5 aliphatic heterocycles. The van der Waals surface area contributed by atoms with Gasteiger partial charge >= 0.3 is 6.09 Å². The van der Waals surface area contributed by atoms with Crippen LogP contribution in [0.15, 0.2) is 17.2 Å². The van der Waals surface area contributed by atoms with Crippen molar-refractivity contribution in [1.29, 1.82) is 0 Å². The first-order valence-electron chi connectivity index (χ1n) is 26.8. The summed E-state index contributed by atoms with van der Waals surface area (Å²) in [6.45, 7) is 8.05. The third-order valence-electron chi connectivity index (χ3n) is 15.4. The Balaban J connectivity index is 1.34. The molecule has 6 heterocycles. The standard InChI is InChI=1S/C51H73N13O13S/c1-5-26(3)42-47(73)54-21-40(68)56-36-24-78-49-31(30-17-33(55-25-65)38(19-32(30)59-49)77-51(76)63-14-10-28(11-15-63)62-12-8-7-9-13-62)18-34(44(70)53-22-41(69)60-42)57-48(74)43(27(4)6-2)61-46(72)37-16-29(66)23-64(37)50(75)35(20-39(52)67)58-45(36)71/h17,19,25-29,34-37,42-43,59,66H,5-16,18,20-24H2,1-4H3,(H2,52,67)(H,53,70)(H,54,73)(H,55,65)(H,56,68)(H,57,74)(H,58,71)(H,60,69)(H,61,72)/t26-,27?,29+,34-,35-,36-,37-,42-,43-/m0/s1. The predicted molar refractivity (Wildman–Crippen MR) is 283 cm³/mol. The van der Waals surface area contributed by atoms with Crippen molar-refractivity contribution in [1.82, 2.24) is 56.9 Å². The lowest BCUT2D eigenvalue weighted by Crippen LogP contribution is -2.61. The predicted octanol–water partition coefficient (Wildman–Crippen LogP) is -1.57. The molecule has 0 aliphatic carbocycles. The van der Waals surface area contributed by atoms with Crippen LogP contribution in [0.2, 0.25) is 0 Å². The number of thioether (sulfide) groups is 1. The summed E-state index contributed by atoms with van der Waals surface area (Å²) in [5.41, 5.74) is 6.24. The molecule has 2 aromatic rings. The maximum Gasteiger partial charge on any atom is 0.415 e. The van der Waals surface area contributed by atoms with Crippen molar-refractivity contribution in [2.24, 2.45) is 17.6 Å². The Labute approximate surface area is 455 Å². The molecular formula is C51H73N13O13S. The summed E-state index contributed by atoms with van der Waals surface area (Å²) in [7, 11) is 0. The van der Waals surface area contributed by atoms with Gasteiger partial charge in [-0.3, -0.25) is 47.9 Å². The average Bonchev–Trinajstić information content (AvgIpc) is 4.02. The second-order valence-electron chi connectivity index (χ2n) is 20.8. The number of piperidine rings is 2. The summed E-state index contributed by atoms with van der Waals surface area (Å²) >= 11 is 0.946. The van der Waals surface area contributed by atoms with E-state index in [1.807, 2.05) is 0 Å². The molecule has 0 radical (unpaired) electrons. The number of aliphatic hydroxyl groups is 1. The van der Waals surface area contributed by atoms with Crippen LogP contribution in [0.1, 0.15) is 91.0 Å². The van der Waals surface area contributed by atoms with E-state index in [4.69, 9.17) is 10.5 Å². The number of amides is 11. The fourth-order valence-electron chi connectivity index (χ4n) is 10.6. The van der Waals surface area contributed by atoms with Crippen molar-refractivity contribution in [2.75, 3.05) is 56.9 Å². The van der Waals surface area contributed by atoms with E-state index in [1.54, 1.807) is 32.6 Å². The van der Waals surface area contributed by atoms with E-state index in [0.29, 0.717) is 54.8 Å². The van der Waals surface area contributed by atoms with Crippen molar-refractivity contribution in [3.05, 3.63) is 17.7 Å². The number of aromatic nitrogens is 1. The first kappa shape index (κ1) is 58.7. The third-order valence-corrected chi connectivity index (χ3v) is 16.6. The van der Waals surface area contributed by atoms with Gasteiger partial charge in [-0.05, 0) is 62.2 Å². The van der Waals surface area contributed by atoms with E-state index in [-0.39, 0.29) is 35.1 Å². The number of hydrogen-bond acceptors (Lipinski definition) is 15. The van der Waals surface area contributed by atoms with E-state index < -0.39 is 140 Å². The number of aromatic amines is 1. The molecule has 26 nitrogen and oxygen atoms in total. The number of H-pyrrole nitrogens is 1. The van der Waals surface area contributed by atoms with Crippen LogP contribution in [0, 0.1) is 11.8 Å². The molecule has 12 N–H and O–H groups in total. The van der Waals surface area contributed by atoms with Gasteiger partial charge in [0.1, 0.15) is 36.3 Å². The van der Waals surface area contributed by atoms with Gasteiger partial charge in [0.05, 0.1) is 41.8 Å². The van der Waals surface area contributed by atoms with Crippen LogP contribution in [0.25, 0.3) is 10.9 Å². The summed E-state index contributed by atoms with van der Waals surface area (Å²) in [5, 5.41) is 32.3. The molecule has 9 atom stereocenters. The fourth-order valence-corrected chi connectivity index (χ4v) is 11.7. The molecule has 1 aromatic carbocycles. The molecule has 426 valence electrons. The number of benzene rings is 1. The van der Waals surface area contributed by atoms with Crippen LogP contribution < -0.4 is 53.0 Å². The number of ether oxygens (including phenoxy) is 1. The number of likely N-dealkylation sites (tertiary alicyclic amines) is 2. The van der Waals surface area contributed by atoms with E-state index in [2.05, 4.69) is 52.4 Å². The van der Waals surface area contributed by atoms with Crippen LogP contribution in [0.3, 0.4) is 0 Å². The topological polar surface area (TPSA) is 365 Å². The number of aliphatic hydroxyl groups excluding tert-OH is 1. The zero-order valence-electron chi connectivity index (χ0n) is 44.4. The van der Waals surface area contributed by atoms with Crippen molar-refractivity contribution in [3.8, 4) is 5.75 Å². The molecule has 27 heteroatoms. The molecular weight excluding hydrogens is 1030 g/mol. The van der Waals surface area contributed by atoms with Gasteiger partial charge in [-0.2, -0.15) is 0 Å². The average molecular weight is 1110 g/mol. The highest BCUT2D eigenvalue weighted by molar-refractivity contribution is 7.99. The first-order chi connectivity index (χ1) is 37.3. The monoisotopic (exact) mass is 1110 g/mol. The van der Waals surface area contributed by atoms with E-state index in [1.165, 1.54) is 18.6 Å². The lowest BCUT2D eigenvalue weighted by molar-refractivity contribution is -0.143. The molecule has 78 heavy (non-hydrogen) atoms. The number of nitrogens with two attached hydrogens (primary N) is 1. The third kappa shape index (κ3) is 14.4. The van der Waals surface area contributed by atoms with Gasteiger partial charge in [-0.25, -0.2) is 4.79 Å². The lowest BCUT2D eigenvalue weighted by Gasteiger charge is -2.39. The number of primary amides is 1. The Bertz CT molecular complexity index is 2620. The number of rotatable bonds is 10. The summed E-state index contributed by atoms with van der Waals surface area (Å²) in [6.07, 6.45) is 2.77. The number of anilines is 1. The molecule has 11 amide bonds. The van der Waals surface area contributed by atoms with Crippen LogP contribution in [-0.4, -0.2) is 190 Å². The van der Waals surface area contributed by atoms with Gasteiger partial charge in [-0.1, -0.05) is 47.0 Å². The highest BCUT2D eigenvalue weighted by Crippen LogP contribution is 2.38. The summed E-state index contributed by atoms with van der Waals surface area (Å²) < 4.78 is 5.99. The van der Waals surface area contributed by atoms with Crippen LogP contribution in [-0.2, 0) is 54.4 Å². The highest BCUT2D eigenvalue weighted by atomic mass is 32.2. The smallest absolute Gasteiger partial charge is 0.408 e. The van der Waals surface area contributed by atoms with E-state index in [0.717, 1.165) is 55.4 Å². The molecule has 7 rings (SSSR count). The fraction of sp³-hybridized carbons (Fsp3) is 0.627. The Morgan fingerprint density at radius 3 is 2.12 bits per heavy atom. The normalized spacial score (nSPS) is 26.9. The molecule has 1 aromatic heterocycles. The second kappa shape index (κ2) is 26.6. The molecule has 0 saturated carbocycles. The molecule has 3 saturated heterocycles. The number of nitrogens with zero attached hydrogens (tertiary/aromatic N) is 3. The zero-order chi connectivity index (χ0) is 56.4. The minimum atomic E-state index is -1.73. The largest absolute Gasteiger partial charge is 0.415 e. The minimum Gasteiger partial charge on any atom is -0.408 e. The van der Waals surface area contributed by atoms with E-state index in [9.17, 15) is 57.8 Å². The molecule has 2 bridgehead atoms. The van der Waals surface area contributed by atoms with Gasteiger partial charge in [-0.15, -0.1) is 11.8 Å².